The summed E-state index contributed by atoms with van der Waals surface area (Å²) in [4.78, 5) is 38.4. The molecule has 3 N–H and O–H groups in total. The molecule has 39 heavy (non-hydrogen) atoms. The van der Waals surface area contributed by atoms with Crippen LogP contribution in [0.4, 0.5) is 24.7 Å². The number of nitrogens with zero attached hydrogens (tertiary/aromatic N) is 2. The molecule has 0 spiro atoms. The largest absolute Gasteiger partial charge is 0.416 e. The summed E-state index contributed by atoms with van der Waals surface area (Å²) in [6.07, 6.45) is 1.56. The number of nitrogens with two attached hydrogens (primary N) is 1. The summed E-state index contributed by atoms with van der Waals surface area (Å²) < 4.78 is 63.2. The first kappa shape index (κ1) is 31.9. The van der Waals surface area contributed by atoms with Crippen LogP contribution >= 0.6 is 7.60 Å². The fourth-order valence-electron chi connectivity index (χ4n) is 3.73. The summed E-state index contributed by atoms with van der Waals surface area (Å²) in [6, 6.07) is 4.36. The molecule has 214 valence electrons. The van der Waals surface area contributed by atoms with Crippen molar-refractivity contribution in [3.63, 3.8) is 0 Å². The zero-order chi connectivity index (χ0) is 29.2. The average Bonchev–Trinajstić information content (AvgIpc) is 2.87. The molecule has 0 saturated carbocycles. The highest BCUT2D eigenvalue weighted by Crippen LogP contribution is 2.48. The Labute approximate surface area is 223 Å². The summed E-state index contributed by atoms with van der Waals surface area (Å²) in [5, 5.41) is 2.41. The first-order valence-corrected chi connectivity index (χ1v) is 14.0. The van der Waals surface area contributed by atoms with Crippen molar-refractivity contribution in [2.75, 3.05) is 30.4 Å². The van der Waals surface area contributed by atoms with Gasteiger partial charge >= 0.3 is 19.5 Å². The van der Waals surface area contributed by atoms with Crippen LogP contribution in [0, 0.1) is 12.3 Å². The number of anilines is 2. The molecule has 1 amide bonds. The van der Waals surface area contributed by atoms with Crippen molar-refractivity contribution in [2.24, 2.45) is 0 Å². The summed E-state index contributed by atoms with van der Waals surface area (Å²) in [5.41, 5.74) is 3.79. The Bertz CT molecular complexity index is 1340. The van der Waals surface area contributed by atoms with Crippen LogP contribution in [0.5, 0.6) is 0 Å². The van der Waals surface area contributed by atoms with Crippen LogP contribution in [0.25, 0.3) is 0 Å². The number of aryl methyl sites for hydroxylation is 1. The molecule has 0 aliphatic rings. The summed E-state index contributed by atoms with van der Waals surface area (Å²) >= 11 is 0. The molecule has 0 fully saturated rings. The van der Waals surface area contributed by atoms with Crippen molar-refractivity contribution in [3.8, 4) is 12.3 Å². The van der Waals surface area contributed by atoms with Gasteiger partial charge in [-0.2, -0.15) is 13.2 Å². The smallest absolute Gasteiger partial charge is 0.383 e. The molecule has 0 bridgehead atoms. The summed E-state index contributed by atoms with van der Waals surface area (Å²) in [5.74, 6) is 1.30. The molecule has 0 unspecified atom stereocenters. The van der Waals surface area contributed by atoms with Gasteiger partial charge in [-0.05, 0) is 50.8 Å². The van der Waals surface area contributed by atoms with E-state index in [2.05, 4.69) is 11.2 Å². The quantitative estimate of drug-likeness (QED) is 0.199. The number of hydrogen-bond acceptors (Lipinski definition) is 7. The molecule has 0 aliphatic heterocycles. The molecule has 10 nitrogen and oxygen atoms in total. The van der Waals surface area contributed by atoms with Crippen LogP contribution < -0.4 is 22.3 Å². The van der Waals surface area contributed by atoms with Gasteiger partial charge in [0, 0.05) is 13.0 Å². The lowest BCUT2D eigenvalue weighted by Gasteiger charge is -2.18. The number of hydrogen-bond donors (Lipinski definition) is 2. The molecule has 0 saturated heterocycles. The van der Waals surface area contributed by atoms with E-state index in [0.29, 0.717) is 18.4 Å². The van der Waals surface area contributed by atoms with E-state index in [-0.39, 0.29) is 56.8 Å². The molecule has 2 rings (SSSR count). The third-order valence-electron chi connectivity index (χ3n) is 5.62. The Morgan fingerprint density at radius 2 is 1.72 bits per heavy atom. The van der Waals surface area contributed by atoms with Gasteiger partial charge in [-0.3, -0.25) is 18.7 Å². The zero-order valence-electron chi connectivity index (χ0n) is 21.8. The second kappa shape index (κ2) is 14.2. The molecule has 0 radical (unpaired) electrons. The fraction of sp³-hybridized carbons (Fsp3) is 0.480. The number of carbonyl (C=O) groups is 1. The van der Waals surface area contributed by atoms with Crippen molar-refractivity contribution in [3.05, 3.63) is 56.2 Å². The number of amides is 1. The number of halogens is 3. The lowest BCUT2D eigenvalue weighted by atomic mass is 10.1. The molecule has 1 heterocycles. The predicted molar refractivity (Wildman–Crippen MR) is 142 cm³/mol. The Kier molecular flexibility index (Phi) is 11.6. The Balaban J connectivity index is 2.18. The number of carbonyl (C=O) groups excluding carboxylic acids is 1. The van der Waals surface area contributed by atoms with E-state index in [1.807, 2.05) is 0 Å². The third-order valence-corrected chi connectivity index (χ3v) is 7.79. The van der Waals surface area contributed by atoms with Crippen LogP contribution in [-0.2, 0) is 44.1 Å². The summed E-state index contributed by atoms with van der Waals surface area (Å²) in [7, 11) is -3.28. The number of rotatable bonds is 14. The number of unbranched alkanes of at least 4 members (excludes halogenated alkanes) is 1. The maximum absolute atomic E-state index is 12.9. The van der Waals surface area contributed by atoms with E-state index in [4.69, 9.17) is 21.2 Å². The Hall–Kier alpha value is -3.33. The van der Waals surface area contributed by atoms with Crippen LogP contribution in [0.3, 0.4) is 0 Å². The first-order chi connectivity index (χ1) is 18.4. The van der Waals surface area contributed by atoms with E-state index in [9.17, 15) is 32.1 Å². The number of aromatic nitrogens is 2. The standard InChI is InChI=1S/C25H32F3N4O6P/c1-4-15-32-23(34)21(30-20(33)14-11-18-9-12-19(13-10-18)25(26,27)28)22(29)31(24(32)35)16-7-8-17-39(36,37-5-2)38-6-3/h1,9-10,12-13H,5-8,11,14-17,29H2,2-3H3,(H,30,33). The molecule has 1 aromatic carbocycles. The topological polar surface area (TPSA) is 135 Å². The Morgan fingerprint density at radius 3 is 2.26 bits per heavy atom. The van der Waals surface area contributed by atoms with Crippen LogP contribution in [0.2, 0.25) is 0 Å². The van der Waals surface area contributed by atoms with Crippen LogP contribution in [-0.4, -0.2) is 34.4 Å². The molecule has 2 aromatic rings. The molecule has 14 heteroatoms. The second-order valence-electron chi connectivity index (χ2n) is 8.41. The Morgan fingerprint density at radius 1 is 1.10 bits per heavy atom. The lowest BCUT2D eigenvalue weighted by Crippen LogP contribution is -2.42. The van der Waals surface area contributed by atoms with Gasteiger partial charge in [-0.1, -0.05) is 18.1 Å². The monoisotopic (exact) mass is 572 g/mol. The fourth-order valence-corrected chi connectivity index (χ4v) is 5.47. The van der Waals surface area contributed by atoms with Gasteiger partial charge in [0.05, 0.1) is 31.5 Å². The van der Waals surface area contributed by atoms with E-state index >= 15 is 0 Å². The van der Waals surface area contributed by atoms with Gasteiger partial charge in [0.25, 0.3) is 5.56 Å². The van der Waals surface area contributed by atoms with Gasteiger partial charge in [0.2, 0.25) is 5.91 Å². The minimum atomic E-state index is -4.47. The van der Waals surface area contributed by atoms with Crippen LogP contribution in [0.1, 0.15) is 44.2 Å². The highest BCUT2D eigenvalue weighted by molar-refractivity contribution is 7.53. The minimum absolute atomic E-state index is 0.0300. The van der Waals surface area contributed by atoms with Crippen molar-refractivity contribution >= 4 is 25.0 Å². The first-order valence-electron chi connectivity index (χ1n) is 12.3. The van der Waals surface area contributed by atoms with Gasteiger partial charge < -0.3 is 20.1 Å². The number of terminal acetylenes is 1. The molecule has 0 aliphatic carbocycles. The lowest BCUT2D eigenvalue weighted by molar-refractivity contribution is -0.137. The number of alkyl halides is 3. The zero-order valence-corrected chi connectivity index (χ0v) is 22.6. The predicted octanol–water partition coefficient (Wildman–Crippen LogP) is 3.86. The van der Waals surface area contributed by atoms with Crippen molar-refractivity contribution in [1.29, 1.82) is 0 Å². The van der Waals surface area contributed by atoms with Gasteiger partial charge in [0.1, 0.15) is 11.5 Å². The van der Waals surface area contributed by atoms with Crippen molar-refractivity contribution in [1.82, 2.24) is 9.13 Å². The summed E-state index contributed by atoms with van der Waals surface area (Å²) in [6.45, 7) is 3.48. The van der Waals surface area contributed by atoms with E-state index in [0.717, 1.165) is 21.3 Å². The van der Waals surface area contributed by atoms with Gasteiger partial charge in [-0.25, -0.2) is 9.36 Å². The molecular weight excluding hydrogens is 540 g/mol. The molecule has 1 aromatic heterocycles. The average molecular weight is 573 g/mol. The maximum atomic E-state index is 12.9. The van der Waals surface area contributed by atoms with Gasteiger partial charge in [0.15, 0.2) is 0 Å². The second-order valence-corrected chi connectivity index (χ2v) is 10.6. The van der Waals surface area contributed by atoms with Crippen molar-refractivity contribution in [2.45, 2.75) is 58.8 Å². The van der Waals surface area contributed by atoms with E-state index < -0.39 is 36.5 Å². The van der Waals surface area contributed by atoms with E-state index in [1.165, 1.54) is 12.1 Å². The minimum Gasteiger partial charge on any atom is -0.383 e. The number of nitrogens with one attached hydrogen (secondary N) is 1. The number of benzene rings is 1. The molecule has 0 atom stereocenters. The highest BCUT2D eigenvalue weighted by atomic mass is 31.2. The number of nitrogen functional groups attached to an aromatic ring is 1. The van der Waals surface area contributed by atoms with Crippen LogP contribution in [0.15, 0.2) is 33.9 Å². The van der Waals surface area contributed by atoms with E-state index in [1.54, 1.807) is 13.8 Å². The highest BCUT2D eigenvalue weighted by Gasteiger charge is 2.30. The molecular formula is C25H32F3N4O6P. The van der Waals surface area contributed by atoms with Crippen molar-refractivity contribution < 1.29 is 31.6 Å². The maximum Gasteiger partial charge on any atom is 0.416 e. The third kappa shape index (κ3) is 8.85. The normalized spacial score (nSPS) is 11.8. The van der Waals surface area contributed by atoms with Gasteiger partial charge in [-0.15, -0.1) is 6.42 Å². The SMILES string of the molecule is C#CCn1c(=O)c(NC(=O)CCc2ccc(C(F)(F)F)cc2)c(N)n(CCCCP(=O)(OCC)OCC)c1=O.